The molecule has 0 bridgehead atoms. The van der Waals surface area contributed by atoms with Crippen LogP contribution in [0.1, 0.15) is 5.56 Å². The molecule has 1 aliphatic rings. The summed E-state index contributed by atoms with van der Waals surface area (Å²) in [5, 5.41) is 3.98. The number of benzene rings is 1. The molecule has 0 atom stereocenters. The summed E-state index contributed by atoms with van der Waals surface area (Å²) in [7, 11) is 1.63. The first-order valence-corrected chi connectivity index (χ1v) is 9.42. The van der Waals surface area contributed by atoms with Crippen molar-refractivity contribution in [2.45, 2.75) is 13.1 Å². The molecular formula is C21H24N4O3. The van der Waals surface area contributed by atoms with Gasteiger partial charge in [0.05, 0.1) is 20.3 Å². The third-order valence-electron chi connectivity index (χ3n) is 4.91. The molecule has 1 saturated heterocycles. The highest BCUT2D eigenvalue weighted by atomic mass is 16.5. The van der Waals surface area contributed by atoms with Crippen LogP contribution in [0, 0.1) is 0 Å². The Labute approximate surface area is 163 Å². The molecule has 1 fully saturated rings. The molecule has 4 rings (SSSR count). The minimum atomic E-state index is -0.0676. The minimum Gasteiger partial charge on any atom is -0.496 e. The summed E-state index contributed by atoms with van der Waals surface area (Å²) in [6.45, 7) is 3.74. The summed E-state index contributed by atoms with van der Waals surface area (Å²) in [5.41, 5.74) is 1.76. The summed E-state index contributed by atoms with van der Waals surface area (Å²) in [5.74, 6) is 1.62. The quantitative estimate of drug-likeness (QED) is 0.710. The van der Waals surface area contributed by atoms with Crippen molar-refractivity contribution < 1.29 is 14.3 Å². The van der Waals surface area contributed by atoms with E-state index in [4.69, 9.17) is 14.5 Å². The van der Waals surface area contributed by atoms with Crippen molar-refractivity contribution in [1.29, 1.82) is 0 Å². The first-order valence-electron chi connectivity index (χ1n) is 9.42. The third-order valence-corrected chi connectivity index (χ3v) is 4.91. The van der Waals surface area contributed by atoms with Crippen molar-refractivity contribution in [3.8, 4) is 5.75 Å². The van der Waals surface area contributed by atoms with Crippen molar-refractivity contribution >= 4 is 22.8 Å². The predicted molar refractivity (Wildman–Crippen MR) is 108 cm³/mol. The predicted octanol–water partition coefficient (Wildman–Crippen LogP) is 2.20. The molecule has 1 amide bonds. The number of anilines is 1. The van der Waals surface area contributed by atoms with Crippen LogP contribution in [0.25, 0.3) is 11.0 Å². The van der Waals surface area contributed by atoms with E-state index in [0.717, 1.165) is 41.3 Å². The number of nitrogens with one attached hydrogen (secondary N) is 1. The van der Waals surface area contributed by atoms with Crippen LogP contribution in [0.2, 0.25) is 0 Å². The molecule has 0 spiro atoms. The van der Waals surface area contributed by atoms with Crippen molar-refractivity contribution in [3.63, 3.8) is 0 Å². The molecule has 7 heteroatoms. The lowest BCUT2D eigenvalue weighted by Gasteiger charge is -2.27. The van der Waals surface area contributed by atoms with Gasteiger partial charge in [-0.15, -0.1) is 0 Å². The fourth-order valence-corrected chi connectivity index (χ4v) is 3.40. The number of morpholine rings is 1. The van der Waals surface area contributed by atoms with Gasteiger partial charge in [0.2, 0.25) is 5.91 Å². The number of para-hydroxylation sites is 1. The van der Waals surface area contributed by atoms with Gasteiger partial charge in [0.15, 0.2) is 0 Å². The Hall–Kier alpha value is -3.06. The van der Waals surface area contributed by atoms with Gasteiger partial charge in [-0.2, -0.15) is 0 Å². The lowest BCUT2D eigenvalue weighted by Crippen LogP contribution is -2.36. The van der Waals surface area contributed by atoms with E-state index in [-0.39, 0.29) is 12.5 Å². The van der Waals surface area contributed by atoms with Gasteiger partial charge in [-0.3, -0.25) is 4.79 Å². The van der Waals surface area contributed by atoms with Crippen molar-refractivity contribution in [1.82, 2.24) is 14.9 Å². The minimum absolute atomic E-state index is 0.0676. The van der Waals surface area contributed by atoms with E-state index in [0.29, 0.717) is 19.8 Å². The maximum atomic E-state index is 12.5. The smallest absolute Gasteiger partial charge is 0.240 e. The van der Waals surface area contributed by atoms with Gasteiger partial charge in [0.1, 0.15) is 23.8 Å². The number of fused-ring (bicyclic) bond motifs is 1. The van der Waals surface area contributed by atoms with E-state index in [9.17, 15) is 4.79 Å². The van der Waals surface area contributed by atoms with Crippen LogP contribution in [0.4, 0.5) is 5.82 Å². The standard InChI is InChI=1S/C21H24N4O3/c1-27-18-5-3-2-4-17(18)14-22-20(26)15-25-9-8-16-6-7-19(23-21(16)25)24-10-12-28-13-11-24/h2-9H,10-15H2,1H3,(H,22,26). The van der Waals surface area contributed by atoms with Gasteiger partial charge in [0.25, 0.3) is 0 Å². The Morgan fingerprint density at radius 1 is 1.18 bits per heavy atom. The highest BCUT2D eigenvalue weighted by Gasteiger charge is 2.15. The first-order chi connectivity index (χ1) is 13.7. The zero-order chi connectivity index (χ0) is 19.3. The normalized spacial score (nSPS) is 14.2. The molecule has 2 aromatic heterocycles. The lowest BCUT2D eigenvalue weighted by molar-refractivity contribution is -0.121. The Morgan fingerprint density at radius 2 is 2.00 bits per heavy atom. The van der Waals surface area contributed by atoms with E-state index >= 15 is 0 Å². The monoisotopic (exact) mass is 380 g/mol. The number of aromatic nitrogens is 2. The second-order valence-corrected chi connectivity index (χ2v) is 6.71. The molecule has 0 saturated carbocycles. The number of rotatable bonds is 6. The molecule has 7 nitrogen and oxygen atoms in total. The van der Waals surface area contributed by atoms with Gasteiger partial charge in [-0.1, -0.05) is 18.2 Å². The van der Waals surface area contributed by atoms with Crippen molar-refractivity contribution in [3.05, 3.63) is 54.2 Å². The van der Waals surface area contributed by atoms with Crippen LogP contribution in [0.3, 0.4) is 0 Å². The van der Waals surface area contributed by atoms with Gasteiger partial charge in [-0.25, -0.2) is 4.98 Å². The molecule has 146 valence electrons. The zero-order valence-electron chi connectivity index (χ0n) is 15.9. The molecule has 0 unspecified atom stereocenters. The molecule has 1 aliphatic heterocycles. The summed E-state index contributed by atoms with van der Waals surface area (Å²) in [6, 6.07) is 13.7. The molecule has 1 aromatic carbocycles. The molecule has 28 heavy (non-hydrogen) atoms. The second kappa shape index (κ2) is 8.31. The van der Waals surface area contributed by atoms with Crippen LogP contribution >= 0.6 is 0 Å². The summed E-state index contributed by atoms with van der Waals surface area (Å²) < 4.78 is 12.6. The summed E-state index contributed by atoms with van der Waals surface area (Å²) >= 11 is 0. The number of amides is 1. The topological polar surface area (TPSA) is 68.6 Å². The van der Waals surface area contributed by atoms with E-state index in [1.54, 1.807) is 7.11 Å². The van der Waals surface area contributed by atoms with Gasteiger partial charge in [0, 0.05) is 36.8 Å². The average molecular weight is 380 g/mol. The lowest BCUT2D eigenvalue weighted by atomic mass is 10.2. The molecule has 3 heterocycles. The zero-order valence-corrected chi connectivity index (χ0v) is 15.9. The summed E-state index contributed by atoms with van der Waals surface area (Å²) in [6.07, 6.45) is 1.91. The number of hydrogen-bond donors (Lipinski definition) is 1. The van der Waals surface area contributed by atoms with Crippen LogP contribution < -0.4 is 15.0 Å². The van der Waals surface area contributed by atoms with E-state index in [1.807, 2.05) is 47.2 Å². The van der Waals surface area contributed by atoms with Gasteiger partial charge >= 0.3 is 0 Å². The second-order valence-electron chi connectivity index (χ2n) is 6.71. The van der Waals surface area contributed by atoms with Crippen LogP contribution in [-0.2, 0) is 22.6 Å². The SMILES string of the molecule is COc1ccccc1CNC(=O)Cn1ccc2ccc(N3CCOCC3)nc21. The fraction of sp³-hybridized carbons (Fsp3) is 0.333. The van der Waals surface area contributed by atoms with E-state index in [1.165, 1.54) is 0 Å². The highest BCUT2D eigenvalue weighted by molar-refractivity contribution is 5.82. The average Bonchev–Trinajstić information content (AvgIpc) is 3.15. The molecule has 3 aromatic rings. The number of ether oxygens (including phenoxy) is 2. The van der Waals surface area contributed by atoms with Crippen LogP contribution in [-0.4, -0.2) is 48.9 Å². The van der Waals surface area contributed by atoms with Crippen LogP contribution in [0.15, 0.2) is 48.7 Å². The van der Waals surface area contributed by atoms with Gasteiger partial charge in [-0.05, 0) is 24.3 Å². The molecule has 0 radical (unpaired) electrons. The molecule has 1 N–H and O–H groups in total. The van der Waals surface area contributed by atoms with Crippen LogP contribution in [0.5, 0.6) is 5.75 Å². The molecule has 0 aliphatic carbocycles. The largest absolute Gasteiger partial charge is 0.496 e. The van der Waals surface area contributed by atoms with E-state index < -0.39 is 0 Å². The number of pyridine rings is 1. The maximum Gasteiger partial charge on any atom is 0.240 e. The fourth-order valence-electron chi connectivity index (χ4n) is 3.40. The number of hydrogen-bond acceptors (Lipinski definition) is 5. The van der Waals surface area contributed by atoms with Crippen molar-refractivity contribution in [2.75, 3.05) is 38.3 Å². The highest BCUT2D eigenvalue weighted by Crippen LogP contribution is 2.20. The first kappa shape index (κ1) is 18.3. The number of nitrogens with zero attached hydrogens (tertiary/aromatic N) is 3. The third kappa shape index (κ3) is 3.94. The number of carbonyl (C=O) groups excluding carboxylic acids is 1. The Bertz CT molecular complexity index is 963. The Balaban J connectivity index is 1.45. The number of methoxy groups -OCH3 is 1. The number of carbonyl (C=O) groups is 1. The summed E-state index contributed by atoms with van der Waals surface area (Å²) in [4.78, 5) is 19.5. The van der Waals surface area contributed by atoms with Gasteiger partial charge < -0.3 is 24.3 Å². The maximum absolute atomic E-state index is 12.5. The van der Waals surface area contributed by atoms with Crippen molar-refractivity contribution in [2.24, 2.45) is 0 Å². The molecular weight excluding hydrogens is 356 g/mol. The Kier molecular flexibility index (Phi) is 5.43. The Morgan fingerprint density at radius 3 is 2.82 bits per heavy atom. The van der Waals surface area contributed by atoms with E-state index in [2.05, 4.69) is 16.3 Å².